The van der Waals surface area contributed by atoms with Crippen LogP contribution in [0.5, 0.6) is 0 Å². The summed E-state index contributed by atoms with van der Waals surface area (Å²) in [5.74, 6) is -2.83. The van der Waals surface area contributed by atoms with E-state index in [-0.39, 0.29) is 12.1 Å². The van der Waals surface area contributed by atoms with Gasteiger partial charge >= 0.3 is 6.18 Å². The van der Waals surface area contributed by atoms with Crippen LogP contribution in [0.1, 0.15) is 17.0 Å². The summed E-state index contributed by atoms with van der Waals surface area (Å²) in [7, 11) is 1.68. The number of nitrogens with zero attached hydrogens (tertiary/aromatic N) is 4. The molecular formula is C17H14F4N6. The van der Waals surface area contributed by atoms with E-state index in [0.717, 1.165) is 0 Å². The maximum atomic E-state index is 14.0. The van der Waals surface area contributed by atoms with Crippen molar-refractivity contribution < 1.29 is 17.6 Å². The standard InChI is InChI=1S/C17H14F4N6/c1-27-8-24-14-11(6-9-4-2-3-5-10(9)18)25-12(7-13(14)27)15(22)26-16(23)17(19,20)21/h2-5,7-8H,6H2,1H3,(H3,22,23,26). The van der Waals surface area contributed by atoms with Crippen molar-refractivity contribution in [2.45, 2.75) is 12.6 Å². The number of hydrogen-bond acceptors (Lipinski definition) is 3. The normalized spacial score (nSPS) is 12.6. The van der Waals surface area contributed by atoms with Gasteiger partial charge in [0.2, 0.25) is 5.84 Å². The number of amidine groups is 2. The highest BCUT2D eigenvalue weighted by atomic mass is 19.4. The molecule has 0 atom stereocenters. The van der Waals surface area contributed by atoms with Crippen LogP contribution in [-0.4, -0.2) is 32.4 Å². The number of aromatic nitrogens is 3. The van der Waals surface area contributed by atoms with Gasteiger partial charge in [-0.1, -0.05) is 18.2 Å². The summed E-state index contributed by atoms with van der Waals surface area (Å²) >= 11 is 0. The molecule has 0 spiro atoms. The summed E-state index contributed by atoms with van der Waals surface area (Å²) in [6, 6.07) is 7.47. The van der Waals surface area contributed by atoms with Crippen molar-refractivity contribution in [2.75, 3.05) is 0 Å². The van der Waals surface area contributed by atoms with E-state index in [2.05, 4.69) is 15.0 Å². The molecule has 0 bridgehead atoms. The largest absolute Gasteiger partial charge is 0.449 e. The van der Waals surface area contributed by atoms with E-state index >= 15 is 0 Å². The Morgan fingerprint density at radius 2 is 2.00 bits per heavy atom. The third-order valence-corrected chi connectivity index (χ3v) is 3.87. The van der Waals surface area contributed by atoms with Crippen molar-refractivity contribution in [2.24, 2.45) is 17.8 Å². The lowest BCUT2D eigenvalue weighted by atomic mass is 10.1. The Balaban J connectivity index is 2.09. The van der Waals surface area contributed by atoms with Crippen LogP contribution in [0.3, 0.4) is 0 Å². The second-order valence-electron chi connectivity index (χ2n) is 5.79. The first-order valence-electron chi connectivity index (χ1n) is 7.71. The molecule has 0 aliphatic carbocycles. The average Bonchev–Trinajstić information content (AvgIpc) is 2.97. The SMILES string of the molecule is Cn1cnc2c(Cc3ccccc3F)nc(C(=N)N=C(N)C(F)(F)F)cc21. The second kappa shape index (κ2) is 6.78. The Morgan fingerprint density at radius 3 is 2.67 bits per heavy atom. The number of nitrogens with one attached hydrogen (secondary N) is 1. The molecule has 27 heavy (non-hydrogen) atoms. The molecule has 3 rings (SSSR count). The molecule has 0 fully saturated rings. The van der Waals surface area contributed by atoms with Crippen LogP contribution < -0.4 is 5.73 Å². The van der Waals surface area contributed by atoms with E-state index in [9.17, 15) is 17.6 Å². The highest BCUT2D eigenvalue weighted by molar-refractivity contribution is 6.05. The molecule has 0 radical (unpaired) electrons. The van der Waals surface area contributed by atoms with E-state index in [1.165, 1.54) is 18.5 Å². The van der Waals surface area contributed by atoms with Gasteiger partial charge in [-0.3, -0.25) is 5.41 Å². The van der Waals surface area contributed by atoms with Crippen molar-refractivity contribution in [3.05, 3.63) is 59.4 Å². The molecule has 0 saturated carbocycles. The second-order valence-corrected chi connectivity index (χ2v) is 5.79. The van der Waals surface area contributed by atoms with Gasteiger partial charge in [0.1, 0.15) is 17.0 Å². The molecule has 3 aromatic rings. The Kier molecular flexibility index (Phi) is 4.64. The lowest BCUT2D eigenvalue weighted by Crippen LogP contribution is -2.32. The fourth-order valence-corrected chi connectivity index (χ4v) is 2.50. The van der Waals surface area contributed by atoms with Gasteiger partial charge in [-0.25, -0.2) is 19.4 Å². The highest BCUT2D eigenvalue weighted by Gasteiger charge is 2.34. The first kappa shape index (κ1) is 18.5. The minimum atomic E-state index is -4.85. The minimum Gasteiger partial charge on any atom is -0.380 e. The fourth-order valence-electron chi connectivity index (χ4n) is 2.50. The van der Waals surface area contributed by atoms with Crippen LogP contribution in [0.2, 0.25) is 0 Å². The highest BCUT2D eigenvalue weighted by Crippen LogP contribution is 2.22. The Hall–Kier alpha value is -3.30. The number of aryl methyl sites for hydroxylation is 1. The summed E-state index contributed by atoms with van der Waals surface area (Å²) in [5.41, 5.74) is 6.41. The van der Waals surface area contributed by atoms with Crippen LogP contribution in [0.25, 0.3) is 11.0 Å². The van der Waals surface area contributed by atoms with Gasteiger partial charge in [-0.2, -0.15) is 13.2 Å². The zero-order valence-electron chi connectivity index (χ0n) is 14.0. The molecule has 0 unspecified atom stereocenters. The van der Waals surface area contributed by atoms with Crippen molar-refractivity contribution in [3.8, 4) is 0 Å². The number of hydrogen-bond donors (Lipinski definition) is 2. The van der Waals surface area contributed by atoms with Gasteiger partial charge in [0, 0.05) is 13.5 Å². The molecule has 10 heteroatoms. The molecule has 2 aromatic heterocycles. The number of halogens is 4. The monoisotopic (exact) mass is 378 g/mol. The summed E-state index contributed by atoms with van der Waals surface area (Å²) in [6.07, 6.45) is -3.29. The van der Waals surface area contributed by atoms with Gasteiger partial charge in [0.05, 0.1) is 17.5 Å². The Bertz CT molecular complexity index is 1050. The van der Waals surface area contributed by atoms with E-state index < -0.39 is 23.7 Å². The van der Waals surface area contributed by atoms with Crippen LogP contribution in [-0.2, 0) is 13.5 Å². The van der Waals surface area contributed by atoms with E-state index in [1.54, 1.807) is 29.8 Å². The van der Waals surface area contributed by atoms with Gasteiger partial charge in [-0.05, 0) is 17.7 Å². The van der Waals surface area contributed by atoms with Gasteiger partial charge in [-0.15, -0.1) is 0 Å². The number of aliphatic imine (C=N–C) groups is 1. The molecule has 0 aliphatic rings. The third-order valence-electron chi connectivity index (χ3n) is 3.87. The molecule has 140 valence electrons. The number of fused-ring (bicyclic) bond motifs is 1. The number of nitrogens with two attached hydrogens (primary N) is 1. The van der Waals surface area contributed by atoms with E-state index in [1.807, 2.05) is 0 Å². The van der Waals surface area contributed by atoms with Crippen molar-refractivity contribution in [1.29, 1.82) is 5.41 Å². The Labute approximate surface area is 150 Å². The number of alkyl halides is 3. The molecular weight excluding hydrogens is 364 g/mol. The predicted molar refractivity (Wildman–Crippen MR) is 92.2 cm³/mol. The summed E-state index contributed by atoms with van der Waals surface area (Å²) in [4.78, 5) is 11.5. The van der Waals surface area contributed by atoms with Crippen LogP contribution in [0.4, 0.5) is 17.6 Å². The molecule has 3 N–H and O–H groups in total. The van der Waals surface area contributed by atoms with Crippen molar-refractivity contribution >= 4 is 22.7 Å². The third kappa shape index (κ3) is 3.78. The summed E-state index contributed by atoms with van der Waals surface area (Å²) in [6.45, 7) is 0. The number of rotatable bonds is 3. The first-order valence-corrected chi connectivity index (χ1v) is 7.71. The zero-order chi connectivity index (χ0) is 19.8. The maximum absolute atomic E-state index is 14.0. The minimum absolute atomic E-state index is 0.0553. The molecule has 2 heterocycles. The molecule has 6 nitrogen and oxygen atoms in total. The van der Waals surface area contributed by atoms with E-state index in [0.29, 0.717) is 22.3 Å². The van der Waals surface area contributed by atoms with Gasteiger partial charge < -0.3 is 10.3 Å². The molecule has 0 amide bonds. The van der Waals surface area contributed by atoms with Gasteiger partial charge in [0.25, 0.3) is 0 Å². The van der Waals surface area contributed by atoms with Crippen LogP contribution >= 0.6 is 0 Å². The number of benzene rings is 1. The summed E-state index contributed by atoms with van der Waals surface area (Å²) < 4.78 is 53.3. The quantitative estimate of drug-likeness (QED) is 0.417. The molecule has 1 aromatic carbocycles. The average molecular weight is 378 g/mol. The van der Waals surface area contributed by atoms with Crippen molar-refractivity contribution in [1.82, 2.24) is 14.5 Å². The fraction of sp³-hybridized carbons (Fsp3) is 0.176. The number of pyridine rings is 1. The first-order chi connectivity index (χ1) is 12.7. The van der Waals surface area contributed by atoms with Crippen LogP contribution in [0.15, 0.2) is 41.7 Å². The lowest BCUT2D eigenvalue weighted by molar-refractivity contribution is -0.0597. The smallest absolute Gasteiger partial charge is 0.380 e. The van der Waals surface area contributed by atoms with Crippen LogP contribution in [0, 0.1) is 11.2 Å². The zero-order valence-corrected chi connectivity index (χ0v) is 14.0. The van der Waals surface area contributed by atoms with E-state index in [4.69, 9.17) is 11.1 Å². The summed E-state index contributed by atoms with van der Waals surface area (Å²) in [5, 5.41) is 7.82. The van der Waals surface area contributed by atoms with Gasteiger partial charge in [0.15, 0.2) is 5.84 Å². The predicted octanol–water partition coefficient (Wildman–Crippen LogP) is 2.94. The molecule has 0 aliphatic heterocycles. The maximum Gasteiger partial charge on any atom is 0.449 e. The molecule has 0 saturated heterocycles. The topological polar surface area (TPSA) is 92.9 Å². The lowest BCUT2D eigenvalue weighted by Gasteiger charge is -2.09. The van der Waals surface area contributed by atoms with Crippen molar-refractivity contribution in [3.63, 3.8) is 0 Å². The number of imidazole rings is 1. The Morgan fingerprint density at radius 1 is 1.30 bits per heavy atom.